The number of allylic oxidation sites excluding steroid dienone is 2. The second-order valence-corrected chi connectivity index (χ2v) is 6.20. The lowest BCUT2D eigenvalue weighted by Gasteiger charge is -2.21. The average Bonchev–Trinajstić information content (AvgIpc) is 2.60. The molecule has 2 nitrogen and oxygen atoms in total. The van der Waals surface area contributed by atoms with Crippen LogP contribution in [0.3, 0.4) is 0 Å². The lowest BCUT2D eigenvalue weighted by molar-refractivity contribution is -0.119. The highest BCUT2D eigenvalue weighted by molar-refractivity contribution is 5.97. The molecule has 0 aromatic heterocycles. The van der Waals surface area contributed by atoms with Crippen LogP contribution < -0.4 is 0 Å². The van der Waals surface area contributed by atoms with Crippen LogP contribution in [0.15, 0.2) is 11.3 Å². The quantitative estimate of drug-likeness (QED) is 0.571. The fourth-order valence-electron chi connectivity index (χ4n) is 2.43. The van der Waals surface area contributed by atoms with E-state index in [1.165, 1.54) is 0 Å². The summed E-state index contributed by atoms with van der Waals surface area (Å²) < 4.78 is 0. The highest BCUT2D eigenvalue weighted by Crippen LogP contribution is 2.34. The Morgan fingerprint density at radius 2 is 1.81 bits per heavy atom. The third-order valence-electron chi connectivity index (χ3n) is 3.50. The summed E-state index contributed by atoms with van der Waals surface area (Å²) in [6.07, 6.45) is 3.10. The molecule has 1 N–H and O–H groups in total. The number of aliphatic hydroxyl groups is 1. The largest absolute Gasteiger partial charge is 0.511 e. The first-order chi connectivity index (χ1) is 7.23. The summed E-state index contributed by atoms with van der Waals surface area (Å²) in [5, 5.41) is 10.0. The van der Waals surface area contributed by atoms with E-state index in [0.717, 1.165) is 19.3 Å². The third-order valence-corrected chi connectivity index (χ3v) is 3.50. The lowest BCUT2D eigenvalue weighted by atomic mass is 9.87. The maximum absolute atomic E-state index is 12.2. The average molecular weight is 224 g/mol. The van der Waals surface area contributed by atoms with Crippen LogP contribution in [0.25, 0.3) is 0 Å². The Balaban J connectivity index is 2.82. The summed E-state index contributed by atoms with van der Waals surface area (Å²) >= 11 is 0. The van der Waals surface area contributed by atoms with Crippen LogP contribution in [0.5, 0.6) is 0 Å². The number of aliphatic hydroxyl groups excluding tert-OH is 1. The molecule has 0 spiro atoms. The number of Topliss-reactive ketones (excluding diaryl/α,β-unsaturated/α-hetero) is 1. The van der Waals surface area contributed by atoms with Crippen LogP contribution in [-0.2, 0) is 4.79 Å². The van der Waals surface area contributed by atoms with Crippen LogP contribution in [0.1, 0.15) is 53.9 Å². The van der Waals surface area contributed by atoms with Gasteiger partial charge in [-0.3, -0.25) is 4.79 Å². The SMILES string of the molecule is C/C(C(=O)C1CCC(C)C1)=C(/O)C(C)(C)C. The van der Waals surface area contributed by atoms with Gasteiger partial charge in [-0.05, 0) is 32.1 Å². The van der Waals surface area contributed by atoms with E-state index >= 15 is 0 Å². The van der Waals surface area contributed by atoms with Crippen molar-refractivity contribution >= 4 is 5.78 Å². The smallest absolute Gasteiger partial charge is 0.165 e. The molecule has 0 aliphatic heterocycles. The van der Waals surface area contributed by atoms with Gasteiger partial charge in [0.2, 0.25) is 0 Å². The normalized spacial score (nSPS) is 27.8. The van der Waals surface area contributed by atoms with Gasteiger partial charge in [0.25, 0.3) is 0 Å². The van der Waals surface area contributed by atoms with Crippen LogP contribution in [0.4, 0.5) is 0 Å². The molecule has 0 aromatic carbocycles. The molecule has 92 valence electrons. The summed E-state index contributed by atoms with van der Waals surface area (Å²) in [5.41, 5.74) is 0.232. The zero-order valence-corrected chi connectivity index (χ0v) is 11.1. The van der Waals surface area contributed by atoms with Crippen LogP contribution in [0.2, 0.25) is 0 Å². The van der Waals surface area contributed by atoms with E-state index in [1.54, 1.807) is 6.92 Å². The highest BCUT2D eigenvalue weighted by Gasteiger charge is 2.31. The summed E-state index contributed by atoms with van der Waals surface area (Å²) in [5.74, 6) is 1.19. The summed E-state index contributed by atoms with van der Waals surface area (Å²) in [4.78, 5) is 12.2. The molecule has 1 aliphatic carbocycles. The fraction of sp³-hybridized carbons (Fsp3) is 0.786. The van der Waals surface area contributed by atoms with Gasteiger partial charge < -0.3 is 5.11 Å². The van der Waals surface area contributed by atoms with Crippen LogP contribution >= 0.6 is 0 Å². The molecule has 0 bridgehead atoms. The van der Waals surface area contributed by atoms with Gasteiger partial charge in [0.05, 0.1) is 0 Å². The number of carbonyl (C=O) groups is 1. The van der Waals surface area contributed by atoms with E-state index in [9.17, 15) is 9.90 Å². The minimum absolute atomic E-state index is 0.138. The van der Waals surface area contributed by atoms with Gasteiger partial charge in [0.15, 0.2) is 5.78 Å². The van der Waals surface area contributed by atoms with E-state index in [-0.39, 0.29) is 22.9 Å². The molecular formula is C14H24O2. The van der Waals surface area contributed by atoms with Crippen molar-refractivity contribution in [3.63, 3.8) is 0 Å². The molecule has 2 atom stereocenters. The van der Waals surface area contributed by atoms with Gasteiger partial charge in [-0.2, -0.15) is 0 Å². The third kappa shape index (κ3) is 2.87. The highest BCUT2D eigenvalue weighted by atomic mass is 16.3. The molecule has 0 saturated heterocycles. The molecule has 0 amide bonds. The van der Waals surface area contributed by atoms with Crippen molar-refractivity contribution in [1.29, 1.82) is 0 Å². The molecule has 2 heteroatoms. The lowest BCUT2D eigenvalue weighted by Crippen LogP contribution is -2.19. The van der Waals surface area contributed by atoms with Gasteiger partial charge in [0.1, 0.15) is 5.76 Å². The first-order valence-electron chi connectivity index (χ1n) is 6.18. The second kappa shape index (κ2) is 4.60. The molecule has 0 radical (unpaired) electrons. The number of hydrogen-bond donors (Lipinski definition) is 1. The number of rotatable bonds is 2. The van der Waals surface area contributed by atoms with Crippen molar-refractivity contribution in [3.05, 3.63) is 11.3 Å². The summed E-state index contributed by atoms with van der Waals surface area (Å²) in [6, 6.07) is 0. The topological polar surface area (TPSA) is 37.3 Å². The summed E-state index contributed by atoms with van der Waals surface area (Å²) in [6.45, 7) is 9.73. The van der Waals surface area contributed by atoms with Gasteiger partial charge in [-0.15, -0.1) is 0 Å². The first-order valence-corrected chi connectivity index (χ1v) is 6.18. The molecule has 1 aliphatic rings. The molecule has 1 saturated carbocycles. The fourth-order valence-corrected chi connectivity index (χ4v) is 2.43. The van der Waals surface area contributed by atoms with E-state index in [0.29, 0.717) is 11.5 Å². The molecule has 16 heavy (non-hydrogen) atoms. The van der Waals surface area contributed by atoms with Crippen molar-refractivity contribution in [2.24, 2.45) is 17.3 Å². The van der Waals surface area contributed by atoms with E-state index in [1.807, 2.05) is 20.8 Å². The molecule has 0 heterocycles. The van der Waals surface area contributed by atoms with Crippen molar-refractivity contribution in [3.8, 4) is 0 Å². The molecule has 1 fully saturated rings. The Kier molecular flexibility index (Phi) is 3.82. The van der Waals surface area contributed by atoms with Crippen molar-refractivity contribution in [2.45, 2.75) is 53.9 Å². The van der Waals surface area contributed by atoms with Crippen molar-refractivity contribution in [2.75, 3.05) is 0 Å². The number of hydrogen-bond acceptors (Lipinski definition) is 2. The van der Waals surface area contributed by atoms with Crippen LogP contribution in [-0.4, -0.2) is 10.9 Å². The van der Waals surface area contributed by atoms with Gasteiger partial charge in [-0.25, -0.2) is 0 Å². The van der Waals surface area contributed by atoms with Gasteiger partial charge >= 0.3 is 0 Å². The Morgan fingerprint density at radius 3 is 2.19 bits per heavy atom. The van der Waals surface area contributed by atoms with E-state index in [2.05, 4.69) is 6.92 Å². The molecular weight excluding hydrogens is 200 g/mol. The Labute approximate surface area is 98.7 Å². The summed E-state index contributed by atoms with van der Waals surface area (Å²) in [7, 11) is 0. The second-order valence-electron chi connectivity index (χ2n) is 6.20. The van der Waals surface area contributed by atoms with Gasteiger partial charge in [0, 0.05) is 16.9 Å². The zero-order chi connectivity index (χ0) is 12.5. The minimum Gasteiger partial charge on any atom is -0.511 e. The van der Waals surface area contributed by atoms with E-state index in [4.69, 9.17) is 0 Å². The molecule has 1 rings (SSSR count). The first kappa shape index (κ1) is 13.3. The van der Waals surface area contributed by atoms with Gasteiger partial charge in [-0.1, -0.05) is 27.7 Å². The predicted molar refractivity (Wildman–Crippen MR) is 66.3 cm³/mol. The van der Waals surface area contributed by atoms with Crippen LogP contribution in [0, 0.1) is 17.3 Å². The minimum atomic E-state index is -0.329. The predicted octanol–water partition coefficient (Wildman–Crippen LogP) is 3.87. The Bertz CT molecular complexity index is 307. The maximum atomic E-state index is 12.2. The van der Waals surface area contributed by atoms with Crippen molar-refractivity contribution < 1.29 is 9.90 Å². The number of ketones is 1. The van der Waals surface area contributed by atoms with Crippen molar-refractivity contribution in [1.82, 2.24) is 0 Å². The maximum Gasteiger partial charge on any atom is 0.165 e. The van der Waals surface area contributed by atoms with E-state index < -0.39 is 0 Å². The monoisotopic (exact) mass is 224 g/mol. The number of carbonyl (C=O) groups excluding carboxylic acids is 1. The Morgan fingerprint density at radius 1 is 1.25 bits per heavy atom. The Hall–Kier alpha value is -0.790. The zero-order valence-electron chi connectivity index (χ0n) is 11.1. The molecule has 0 aromatic rings. The molecule has 2 unspecified atom stereocenters. The standard InChI is InChI=1S/C14H24O2/c1-9-6-7-11(8-9)12(15)10(2)13(16)14(3,4)5/h9,11,16H,6-8H2,1-5H3/b13-10-.